The van der Waals surface area contributed by atoms with E-state index in [9.17, 15) is 4.79 Å². The second-order valence-corrected chi connectivity index (χ2v) is 5.36. The van der Waals surface area contributed by atoms with Gasteiger partial charge in [0.2, 0.25) is 0 Å². The molecule has 4 nitrogen and oxygen atoms in total. The molecule has 1 aromatic heterocycles. The first-order valence-electron chi connectivity index (χ1n) is 6.56. The number of fused-ring (bicyclic) bond motifs is 1. The molecule has 0 spiro atoms. The van der Waals surface area contributed by atoms with Gasteiger partial charge in [0.15, 0.2) is 0 Å². The maximum absolute atomic E-state index is 12.5. The maximum atomic E-state index is 12.5. The van der Waals surface area contributed by atoms with Crippen molar-refractivity contribution in [3.8, 4) is 0 Å². The van der Waals surface area contributed by atoms with Crippen LogP contribution in [0.1, 0.15) is 15.9 Å². The Bertz CT molecular complexity index is 797. The second kappa shape index (κ2) is 5.58. The highest BCUT2D eigenvalue weighted by Gasteiger charge is 2.13. The molecule has 1 N–H and O–H groups in total. The molecule has 0 radical (unpaired) electrons. The number of H-pyrrole nitrogens is 1. The zero-order chi connectivity index (χ0) is 14.8. The van der Waals surface area contributed by atoms with Crippen LogP contribution in [0.3, 0.4) is 0 Å². The zero-order valence-corrected chi connectivity index (χ0v) is 12.3. The molecule has 0 saturated carbocycles. The smallest absolute Gasteiger partial charge is 0.253 e. The van der Waals surface area contributed by atoms with Crippen LogP contribution in [-0.4, -0.2) is 27.8 Å². The standard InChI is InChI=1S/C16H14ClN3O/c1-20(9-11-3-2-4-13(17)7-11)16(21)12-5-6-14-15(8-12)19-10-18-14/h2-8,10H,9H2,1H3,(H,18,19). The SMILES string of the molecule is CN(Cc1cccc(Cl)c1)C(=O)c1ccc2nc[nH]c2c1. The van der Waals surface area contributed by atoms with Crippen molar-refractivity contribution in [2.24, 2.45) is 0 Å². The molecule has 106 valence electrons. The summed E-state index contributed by atoms with van der Waals surface area (Å²) in [5, 5.41) is 0.673. The molecule has 3 aromatic rings. The van der Waals surface area contributed by atoms with Gasteiger partial charge in [-0.15, -0.1) is 0 Å². The van der Waals surface area contributed by atoms with Crippen molar-refractivity contribution in [1.29, 1.82) is 0 Å². The summed E-state index contributed by atoms with van der Waals surface area (Å²) in [7, 11) is 1.78. The molecule has 2 aromatic carbocycles. The van der Waals surface area contributed by atoms with E-state index in [1.165, 1.54) is 0 Å². The average molecular weight is 300 g/mol. The molecule has 3 rings (SSSR count). The highest BCUT2D eigenvalue weighted by atomic mass is 35.5. The number of hydrogen-bond donors (Lipinski definition) is 1. The summed E-state index contributed by atoms with van der Waals surface area (Å²) in [4.78, 5) is 21.3. The summed E-state index contributed by atoms with van der Waals surface area (Å²) in [6.07, 6.45) is 1.62. The molecular weight excluding hydrogens is 286 g/mol. The van der Waals surface area contributed by atoms with Crippen molar-refractivity contribution in [3.05, 3.63) is 64.9 Å². The number of hydrogen-bond acceptors (Lipinski definition) is 2. The summed E-state index contributed by atoms with van der Waals surface area (Å²) < 4.78 is 0. The number of aromatic amines is 1. The molecular formula is C16H14ClN3O. The maximum Gasteiger partial charge on any atom is 0.253 e. The van der Waals surface area contributed by atoms with E-state index < -0.39 is 0 Å². The molecule has 5 heteroatoms. The lowest BCUT2D eigenvalue weighted by Crippen LogP contribution is -2.26. The first-order chi connectivity index (χ1) is 10.1. The number of nitrogens with one attached hydrogen (secondary N) is 1. The Kier molecular flexibility index (Phi) is 3.62. The van der Waals surface area contributed by atoms with Gasteiger partial charge in [0.25, 0.3) is 5.91 Å². The lowest BCUT2D eigenvalue weighted by molar-refractivity contribution is 0.0785. The van der Waals surface area contributed by atoms with Crippen LogP contribution in [0.4, 0.5) is 0 Å². The van der Waals surface area contributed by atoms with Gasteiger partial charge in [-0.2, -0.15) is 0 Å². The second-order valence-electron chi connectivity index (χ2n) is 4.93. The van der Waals surface area contributed by atoms with Gasteiger partial charge in [-0.1, -0.05) is 23.7 Å². The molecule has 1 heterocycles. The normalized spacial score (nSPS) is 10.8. The van der Waals surface area contributed by atoms with E-state index in [4.69, 9.17) is 11.6 Å². The number of carbonyl (C=O) groups is 1. The lowest BCUT2D eigenvalue weighted by atomic mass is 10.1. The molecule has 21 heavy (non-hydrogen) atoms. The van der Waals surface area contributed by atoms with Gasteiger partial charge in [0, 0.05) is 24.2 Å². The lowest BCUT2D eigenvalue weighted by Gasteiger charge is -2.17. The van der Waals surface area contributed by atoms with Gasteiger partial charge in [-0.25, -0.2) is 4.98 Å². The van der Waals surface area contributed by atoms with Crippen LogP contribution in [0.2, 0.25) is 5.02 Å². The third-order valence-electron chi connectivity index (χ3n) is 3.32. The van der Waals surface area contributed by atoms with Crippen LogP contribution in [-0.2, 0) is 6.54 Å². The van der Waals surface area contributed by atoms with Crippen LogP contribution < -0.4 is 0 Å². The predicted molar refractivity (Wildman–Crippen MR) is 83.3 cm³/mol. The summed E-state index contributed by atoms with van der Waals surface area (Å²) in [5.74, 6) is -0.0357. The molecule has 0 aliphatic rings. The molecule has 0 saturated heterocycles. The fraction of sp³-hybridized carbons (Fsp3) is 0.125. The highest BCUT2D eigenvalue weighted by Crippen LogP contribution is 2.16. The molecule has 0 aliphatic heterocycles. The van der Waals surface area contributed by atoms with Crippen LogP contribution in [0.25, 0.3) is 11.0 Å². The van der Waals surface area contributed by atoms with Gasteiger partial charge in [0.1, 0.15) is 0 Å². The van der Waals surface area contributed by atoms with E-state index in [0.717, 1.165) is 16.6 Å². The van der Waals surface area contributed by atoms with E-state index in [2.05, 4.69) is 9.97 Å². The fourth-order valence-corrected chi connectivity index (χ4v) is 2.48. The molecule has 0 fully saturated rings. The van der Waals surface area contributed by atoms with Crippen LogP contribution in [0.5, 0.6) is 0 Å². The molecule has 0 aliphatic carbocycles. The van der Waals surface area contributed by atoms with Crippen molar-refractivity contribution in [2.45, 2.75) is 6.54 Å². The molecule has 0 atom stereocenters. The van der Waals surface area contributed by atoms with Crippen LogP contribution in [0.15, 0.2) is 48.8 Å². The Balaban J connectivity index is 1.80. The summed E-state index contributed by atoms with van der Waals surface area (Å²) in [6, 6.07) is 13.0. The van der Waals surface area contributed by atoms with Crippen molar-refractivity contribution in [1.82, 2.24) is 14.9 Å². The third-order valence-corrected chi connectivity index (χ3v) is 3.56. The number of imidazole rings is 1. The van der Waals surface area contributed by atoms with Crippen LogP contribution in [0, 0.1) is 0 Å². The first kappa shape index (κ1) is 13.6. The van der Waals surface area contributed by atoms with Gasteiger partial charge < -0.3 is 9.88 Å². The van der Waals surface area contributed by atoms with Gasteiger partial charge >= 0.3 is 0 Å². The molecule has 0 bridgehead atoms. The van der Waals surface area contributed by atoms with Crippen molar-refractivity contribution < 1.29 is 4.79 Å². The predicted octanol–water partition coefficient (Wildman–Crippen LogP) is 3.49. The van der Waals surface area contributed by atoms with E-state index in [1.54, 1.807) is 24.3 Å². The zero-order valence-electron chi connectivity index (χ0n) is 11.5. The fourth-order valence-electron chi connectivity index (χ4n) is 2.27. The topological polar surface area (TPSA) is 49.0 Å². The van der Waals surface area contributed by atoms with Crippen molar-refractivity contribution >= 4 is 28.5 Å². The first-order valence-corrected chi connectivity index (χ1v) is 6.94. The molecule has 1 amide bonds. The molecule has 0 unspecified atom stereocenters. The summed E-state index contributed by atoms with van der Waals surface area (Å²) in [5.41, 5.74) is 3.35. The van der Waals surface area contributed by atoms with Gasteiger partial charge in [0.05, 0.1) is 17.4 Å². The average Bonchev–Trinajstić information content (AvgIpc) is 2.93. The Morgan fingerprint density at radius 1 is 1.29 bits per heavy atom. The number of halogens is 1. The number of benzene rings is 2. The Hall–Kier alpha value is -2.33. The van der Waals surface area contributed by atoms with Gasteiger partial charge in [-0.3, -0.25) is 4.79 Å². The minimum Gasteiger partial charge on any atom is -0.345 e. The Labute approximate surface area is 127 Å². The number of carbonyl (C=O) groups excluding carboxylic acids is 1. The quantitative estimate of drug-likeness (QED) is 0.805. The minimum absolute atomic E-state index is 0.0357. The van der Waals surface area contributed by atoms with E-state index in [0.29, 0.717) is 17.1 Å². The monoisotopic (exact) mass is 299 g/mol. The van der Waals surface area contributed by atoms with E-state index in [-0.39, 0.29) is 5.91 Å². The number of amides is 1. The van der Waals surface area contributed by atoms with Gasteiger partial charge in [-0.05, 0) is 35.9 Å². The largest absolute Gasteiger partial charge is 0.345 e. The van der Waals surface area contributed by atoms with E-state index >= 15 is 0 Å². The van der Waals surface area contributed by atoms with Crippen LogP contribution >= 0.6 is 11.6 Å². The van der Waals surface area contributed by atoms with Crippen molar-refractivity contribution in [2.75, 3.05) is 7.05 Å². The minimum atomic E-state index is -0.0357. The Morgan fingerprint density at radius 2 is 2.14 bits per heavy atom. The van der Waals surface area contributed by atoms with Crippen molar-refractivity contribution in [3.63, 3.8) is 0 Å². The number of rotatable bonds is 3. The number of aromatic nitrogens is 2. The summed E-state index contributed by atoms with van der Waals surface area (Å²) >= 11 is 5.96. The third kappa shape index (κ3) is 2.90. The summed E-state index contributed by atoms with van der Waals surface area (Å²) in [6.45, 7) is 0.514. The van der Waals surface area contributed by atoms with E-state index in [1.807, 2.05) is 36.4 Å². The highest BCUT2D eigenvalue weighted by molar-refractivity contribution is 6.30. The Morgan fingerprint density at radius 3 is 2.95 bits per heavy atom. The number of nitrogens with zero attached hydrogens (tertiary/aromatic N) is 2.